The fraction of sp³-hybridized carbons (Fsp3) is 0.844. The minimum Gasteiger partial charge on any atom is -0.460 e. The van der Waals surface area contributed by atoms with Crippen molar-refractivity contribution in [2.75, 3.05) is 224 Å². The van der Waals surface area contributed by atoms with E-state index in [-0.39, 0.29) is 98.7 Å². The number of cyclic esters (lactones) is 6. The van der Waals surface area contributed by atoms with Crippen molar-refractivity contribution in [1.82, 2.24) is 16.0 Å². The number of likely N-dealkylation sites (N-methyl/N-ethyl adjacent to an activating group) is 2. The molecule has 0 aliphatic carbocycles. The third-order valence-corrected chi connectivity index (χ3v) is 18.0. The quantitative estimate of drug-likeness (QED) is 0.0214. The van der Waals surface area contributed by atoms with Crippen LogP contribution >= 0.6 is 0 Å². The van der Waals surface area contributed by atoms with Crippen LogP contribution in [-0.2, 0) is 71.4 Å². The van der Waals surface area contributed by atoms with Gasteiger partial charge in [0.2, 0.25) is 0 Å². The van der Waals surface area contributed by atoms with Gasteiger partial charge in [0.05, 0.1) is 163 Å². The first-order chi connectivity index (χ1) is 46.2. The van der Waals surface area contributed by atoms with Crippen molar-refractivity contribution >= 4 is 35.8 Å². The summed E-state index contributed by atoms with van der Waals surface area (Å²) in [5, 5.41) is 40.0. The Labute approximate surface area is 635 Å². The number of ether oxygens (including phenoxy) is 9. The third kappa shape index (κ3) is 57.4. The number of aliphatic hydroxyl groups is 3. The summed E-state index contributed by atoms with van der Waals surface area (Å²) < 4.78 is 49.8. The molecular weight excluding hydrogens is 1340 g/mol. The minimum absolute atomic E-state index is 0. The van der Waals surface area contributed by atoms with Crippen LogP contribution < -0.4 is 25.8 Å². The molecule has 0 amide bonds. The summed E-state index contributed by atoms with van der Waals surface area (Å²) in [6.07, 6.45) is 4.15. The Morgan fingerprint density at radius 2 is 0.712 bits per heavy atom. The monoisotopic (exact) mass is 1500 g/mol. The van der Waals surface area contributed by atoms with E-state index in [2.05, 4.69) is 78.4 Å². The SMILES string of the molecule is CC(C)NCC[N+]1(C)CCOC(=O)CC1.CC(C)NCC[NH+]1CCOC(=O)CC1.CC(C)OCC(O)C[N+]1(C)CCOC(=O)CC1.CC(C)OCC(O)C[NH+]1CCOC(=O)CC1.CCC[N+]1(CC(O)COC(C)C)CCOC(=O)CC1.CCC[N+]1(CCNC(C)C)CCOC(=O)CC1.[CH3-].[CH3-].[CH3-].[CH3-].[CH3-].[CH3-]. The fourth-order valence-corrected chi connectivity index (χ4v) is 12.1. The molecule has 8 N–H and O–H groups in total. The number of carbonyl (C=O) groups excluding carboxylic acids is 6. The highest BCUT2D eigenvalue weighted by Crippen LogP contribution is 2.17. The number of nitrogens with one attached hydrogen (secondary N) is 5. The molecule has 6 aliphatic heterocycles. The average molecular weight is 1500 g/mol. The maximum absolute atomic E-state index is 11.4. The number of rotatable bonds is 31. The average Bonchev–Trinajstić information content (AvgIpc) is 1.56. The second kappa shape index (κ2) is 63.0. The molecule has 6 aliphatic rings. The van der Waals surface area contributed by atoms with Crippen molar-refractivity contribution in [1.29, 1.82) is 0 Å². The maximum Gasteiger partial charge on any atom is 0.311 e. The first-order valence-corrected chi connectivity index (χ1v) is 37.3. The molecule has 6 heterocycles. The van der Waals surface area contributed by atoms with Crippen molar-refractivity contribution in [2.24, 2.45) is 0 Å². The highest BCUT2D eigenvalue weighted by atomic mass is 16.6. The molecule has 0 saturated carbocycles. The predicted octanol–water partition coefficient (Wildman–Crippen LogP) is 2.77. The van der Waals surface area contributed by atoms with Crippen LogP contribution in [0, 0.1) is 44.6 Å². The summed E-state index contributed by atoms with van der Waals surface area (Å²) in [5.41, 5.74) is 0. The lowest BCUT2D eigenvalue weighted by Crippen LogP contribution is -3.13. The molecule has 6 fully saturated rings. The van der Waals surface area contributed by atoms with E-state index >= 15 is 0 Å². The molecule has 0 aromatic rings. The molecule has 104 heavy (non-hydrogen) atoms. The molecule has 0 bridgehead atoms. The first kappa shape index (κ1) is 111. The zero-order chi connectivity index (χ0) is 73.6. The van der Waals surface area contributed by atoms with Gasteiger partial charge in [0.25, 0.3) is 0 Å². The topological polar surface area (TPSA) is 291 Å². The zero-order valence-electron chi connectivity index (χ0n) is 70.2. The van der Waals surface area contributed by atoms with E-state index < -0.39 is 18.3 Å². The van der Waals surface area contributed by atoms with Crippen LogP contribution in [0.2, 0.25) is 0 Å². The largest absolute Gasteiger partial charge is 0.460 e. The summed E-state index contributed by atoms with van der Waals surface area (Å²) in [4.78, 5) is 69.6. The standard InChI is InChI=1S/C14H28NO4.C13H27N2O2.C12H24NO4.C11H23N2O2.C11H21NO4.C10H20N2O2.6CH3/c1-4-6-15(7-5-14(17)18-9-8-15)10-13(16)11-19-12(2)3;1-4-7-15(9-6-14-12(2)3)8-5-13(16)17-11-10-15;1-10(2)17-9-11(14)8-13(3)5-4-12(15)16-7-6-13;1-10(2)12-5-7-13(3)6-4-11(14)15-9-8-13;1-9(2)16-8-10(13)7-12-4-3-11(14)15-6-5-12;1-9(2)11-4-6-12-5-3-10(13)14-8-7-12;;;;;;/h12-13,16H,4-11H2,1-3H3;12,14H,4-11H2,1-3H3;10-11,14H,4-9H2,1-3H3;10,12H,4-9H2,1-3H3;9-10,13H,3-8H2,1-2H3;9,11H,3-8H2,1-2H3;6*1H3/q4*+1;;;6*-1/p+2. The predicted molar refractivity (Wildman–Crippen MR) is 415 cm³/mol. The Kier molecular flexibility index (Phi) is 67.4. The number of esters is 6. The Morgan fingerprint density at radius 1 is 0.375 bits per heavy atom. The maximum atomic E-state index is 11.4. The number of hydrogen-bond donors (Lipinski definition) is 8. The van der Waals surface area contributed by atoms with E-state index in [1.807, 2.05) is 48.6 Å². The summed E-state index contributed by atoms with van der Waals surface area (Å²) in [7, 11) is 4.24. The fourth-order valence-electron chi connectivity index (χ4n) is 12.1. The van der Waals surface area contributed by atoms with Gasteiger partial charge in [-0.25, -0.2) is 0 Å². The lowest BCUT2D eigenvalue weighted by atomic mass is 10.2. The lowest BCUT2D eigenvalue weighted by molar-refractivity contribution is -0.929. The number of nitrogens with zero attached hydrogens (tertiary/aromatic N) is 4. The van der Waals surface area contributed by atoms with Crippen LogP contribution in [0.4, 0.5) is 0 Å². The van der Waals surface area contributed by atoms with Gasteiger partial charge in [-0.15, -0.1) is 0 Å². The second-order valence-corrected chi connectivity index (χ2v) is 29.7. The van der Waals surface area contributed by atoms with Crippen LogP contribution in [-0.4, -0.2) is 348 Å². The molecule has 0 spiro atoms. The van der Waals surface area contributed by atoms with Gasteiger partial charge in [-0.2, -0.15) is 0 Å². The van der Waals surface area contributed by atoms with Crippen LogP contribution in [0.1, 0.15) is 148 Å². The van der Waals surface area contributed by atoms with Crippen molar-refractivity contribution in [3.63, 3.8) is 0 Å². The number of quaternary nitrogens is 6. The molecule has 9 atom stereocenters. The Hall–Kier alpha value is -3.78. The van der Waals surface area contributed by atoms with Crippen LogP contribution in [0.25, 0.3) is 0 Å². The van der Waals surface area contributed by atoms with E-state index in [9.17, 15) is 44.1 Å². The highest BCUT2D eigenvalue weighted by Gasteiger charge is 2.35. The van der Waals surface area contributed by atoms with Gasteiger partial charge in [0, 0.05) is 37.8 Å². The summed E-state index contributed by atoms with van der Waals surface area (Å²) in [5.74, 6) is -0.518. The van der Waals surface area contributed by atoms with E-state index in [0.717, 1.165) is 157 Å². The second-order valence-electron chi connectivity index (χ2n) is 29.7. The number of carbonyl (C=O) groups is 6. The molecular formula is C77H163N9O18. The van der Waals surface area contributed by atoms with Gasteiger partial charge in [0.1, 0.15) is 117 Å². The molecule has 0 radical (unpaired) electrons. The van der Waals surface area contributed by atoms with Gasteiger partial charge in [-0.1, -0.05) is 55.4 Å². The molecule has 9 unspecified atom stereocenters. The van der Waals surface area contributed by atoms with Crippen molar-refractivity contribution in [2.45, 2.75) is 203 Å². The summed E-state index contributed by atoms with van der Waals surface area (Å²) in [6, 6.07) is 1.60. The van der Waals surface area contributed by atoms with E-state index in [1.54, 1.807) is 0 Å². The van der Waals surface area contributed by atoms with Gasteiger partial charge in [0.15, 0.2) is 0 Å². The van der Waals surface area contributed by atoms with Gasteiger partial charge in [-0.3, -0.25) is 28.8 Å². The molecule has 6 saturated heterocycles. The van der Waals surface area contributed by atoms with Crippen molar-refractivity contribution in [3.8, 4) is 0 Å². The minimum atomic E-state index is -0.490. The highest BCUT2D eigenvalue weighted by molar-refractivity contribution is 5.71. The van der Waals surface area contributed by atoms with Gasteiger partial charge < -0.3 is 146 Å². The van der Waals surface area contributed by atoms with Gasteiger partial charge >= 0.3 is 35.8 Å². The normalized spacial score (nSPS) is 24.3. The third-order valence-electron chi connectivity index (χ3n) is 18.0. The Morgan fingerprint density at radius 3 is 1.16 bits per heavy atom. The summed E-state index contributed by atoms with van der Waals surface area (Å²) in [6.45, 7) is 53.5. The lowest BCUT2D eigenvalue weighted by Gasteiger charge is -2.38. The Balaban J connectivity index is -0.000000274. The first-order valence-electron chi connectivity index (χ1n) is 37.3. The molecule has 27 heteroatoms. The van der Waals surface area contributed by atoms with Crippen LogP contribution in [0.15, 0.2) is 0 Å². The van der Waals surface area contributed by atoms with Crippen molar-refractivity contribution < 1.29 is 114 Å². The molecule has 0 aromatic heterocycles. The number of aliphatic hydroxyl groups excluding tert-OH is 3. The summed E-state index contributed by atoms with van der Waals surface area (Å²) >= 11 is 0. The molecule has 624 valence electrons. The van der Waals surface area contributed by atoms with E-state index in [1.165, 1.54) is 9.80 Å². The molecule has 0 aromatic carbocycles. The number of hydrogen-bond acceptors (Lipinski definition) is 21. The zero-order valence-corrected chi connectivity index (χ0v) is 70.2. The van der Waals surface area contributed by atoms with Crippen molar-refractivity contribution in [3.05, 3.63) is 44.6 Å². The van der Waals surface area contributed by atoms with E-state index in [4.69, 9.17) is 42.6 Å². The van der Waals surface area contributed by atoms with Crippen LogP contribution in [0.3, 0.4) is 0 Å². The van der Waals surface area contributed by atoms with Crippen LogP contribution in [0.5, 0.6) is 0 Å². The molecule has 27 nitrogen and oxygen atoms in total. The van der Waals surface area contributed by atoms with E-state index in [0.29, 0.717) is 140 Å². The smallest absolute Gasteiger partial charge is 0.311 e. The molecule has 6 rings (SSSR count). The van der Waals surface area contributed by atoms with Gasteiger partial charge in [-0.05, 0) is 54.4 Å². The Bertz CT molecular complexity index is 2160.